The molecule has 2 N–H and O–H groups in total. The third-order valence-corrected chi connectivity index (χ3v) is 3.43. The second kappa shape index (κ2) is 5.50. The Kier molecular flexibility index (Phi) is 4.07. The number of ether oxygens (including phenoxy) is 1. The number of aryl methyl sites for hydroxylation is 1. The van der Waals surface area contributed by atoms with Crippen molar-refractivity contribution in [2.75, 3.05) is 7.11 Å². The summed E-state index contributed by atoms with van der Waals surface area (Å²) in [5.74, 6) is 0.631. The largest absolute Gasteiger partial charge is 0.496 e. The minimum absolute atomic E-state index is 0.216. The van der Waals surface area contributed by atoms with E-state index in [0.717, 1.165) is 0 Å². The van der Waals surface area contributed by atoms with Crippen molar-refractivity contribution in [3.05, 3.63) is 45.2 Å². The van der Waals surface area contributed by atoms with Crippen molar-refractivity contribution in [1.82, 2.24) is 9.78 Å². The van der Waals surface area contributed by atoms with Gasteiger partial charge in [0, 0.05) is 28.7 Å². The Morgan fingerprint density at radius 3 is 2.57 bits per heavy atom. The number of nitrogens with two attached hydrogens (primary N) is 1. The van der Waals surface area contributed by atoms with Crippen LogP contribution in [0.25, 0.3) is 11.3 Å². The van der Waals surface area contributed by atoms with Gasteiger partial charge in [-0.3, -0.25) is 4.79 Å². The van der Waals surface area contributed by atoms with Crippen molar-refractivity contribution >= 4 is 11.6 Å². The summed E-state index contributed by atoms with van der Waals surface area (Å²) in [7, 11) is 3.17. The molecule has 0 fully saturated rings. The first kappa shape index (κ1) is 15.5. The Morgan fingerprint density at radius 2 is 2.00 bits per heavy atom. The summed E-state index contributed by atoms with van der Waals surface area (Å²) in [5.41, 5.74) is 6.88. The molecule has 1 aromatic carbocycles. The van der Waals surface area contributed by atoms with Crippen molar-refractivity contribution in [2.24, 2.45) is 12.8 Å². The zero-order valence-corrected chi connectivity index (χ0v) is 13.2. The smallest absolute Gasteiger partial charge is 0.271 e. The standard InChI is InChI=1S/C15H18ClN3O2/c1-15(2,17)11-8-12(18-19(3)14(11)20)10-7-9(16)5-6-13(10)21-4/h5-8H,17H2,1-4H3. The van der Waals surface area contributed by atoms with Gasteiger partial charge in [0.15, 0.2) is 0 Å². The Morgan fingerprint density at radius 1 is 1.33 bits per heavy atom. The minimum atomic E-state index is -0.766. The molecule has 0 amide bonds. The van der Waals surface area contributed by atoms with E-state index in [2.05, 4.69) is 5.10 Å². The molecule has 21 heavy (non-hydrogen) atoms. The van der Waals surface area contributed by atoms with E-state index < -0.39 is 5.54 Å². The minimum Gasteiger partial charge on any atom is -0.496 e. The van der Waals surface area contributed by atoms with Gasteiger partial charge in [-0.1, -0.05) is 11.6 Å². The Balaban J connectivity index is 2.74. The van der Waals surface area contributed by atoms with Crippen molar-refractivity contribution in [1.29, 1.82) is 0 Å². The topological polar surface area (TPSA) is 70.1 Å². The van der Waals surface area contributed by atoms with E-state index in [0.29, 0.717) is 27.6 Å². The van der Waals surface area contributed by atoms with Gasteiger partial charge in [0.1, 0.15) is 5.75 Å². The van der Waals surface area contributed by atoms with Crippen LogP contribution < -0.4 is 16.0 Å². The van der Waals surface area contributed by atoms with Crippen LogP contribution in [-0.2, 0) is 12.6 Å². The summed E-state index contributed by atoms with van der Waals surface area (Å²) in [6, 6.07) is 6.94. The van der Waals surface area contributed by atoms with Gasteiger partial charge in [-0.25, -0.2) is 4.68 Å². The summed E-state index contributed by atoms with van der Waals surface area (Å²) in [5, 5.41) is 4.84. The van der Waals surface area contributed by atoms with Gasteiger partial charge in [-0.05, 0) is 38.1 Å². The summed E-state index contributed by atoms with van der Waals surface area (Å²) >= 11 is 6.05. The molecule has 0 aliphatic carbocycles. The van der Waals surface area contributed by atoms with E-state index in [1.54, 1.807) is 52.3 Å². The third kappa shape index (κ3) is 3.09. The fraction of sp³-hybridized carbons (Fsp3) is 0.333. The SMILES string of the molecule is COc1ccc(Cl)cc1-c1cc(C(C)(C)N)c(=O)n(C)n1. The molecular weight excluding hydrogens is 290 g/mol. The lowest BCUT2D eigenvalue weighted by Gasteiger charge is -2.20. The highest BCUT2D eigenvalue weighted by Gasteiger charge is 2.22. The second-order valence-electron chi connectivity index (χ2n) is 5.44. The maximum absolute atomic E-state index is 12.2. The van der Waals surface area contributed by atoms with Crippen LogP contribution in [0.15, 0.2) is 29.1 Å². The molecule has 1 heterocycles. The van der Waals surface area contributed by atoms with Crippen LogP contribution in [0.3, 0.4) is 0 Å². The molecular formula is C15H18ClN3O2. The molecule has 5 nitrogen and oxygen atoms in total. The number of hydrogen-bond acceptors (Lipinski definition) is 4. The first-order valence-electron chi connectivity index (χ1n) is 6.45. The van der Waals surface area contributed by atoms with E-state index >= 15 is 0 Å². The predicted octanol–water partition coefficient (Wildman–Crippen LogP) is 2.30. The van der Waals surface area contributed by atoms with Crippen LogP contribution in [0.1, 0.15) is 19.4 Å². The highest BCUT2D eigenvalue weighted by Crippen LogP contribution is 2.31. The molecule has 6 heteroatoms. The Hall–Kier alpha value is -1.85. The van der Waals surface area contributed by atoms with Crippen molar-refractivity contribution in [3.8, 4) is 17.0 Å². The molecule has 2 rings (SSSR count). The summed E-state index contributed by atoms with van der Waals surface area (Å²) in [4.78, 5) is 12.2. The summed E-state index contributed by atoms with van der Waals surface area (Å²) in [6.45, 7) is 3.56. The molecule has 0 radical (unpaired) electrons. The van der Waals surface area contributed by atoms with Crippen molar-refractivity contribution in [3.63, 3.8) is 0 Å². The van der Waals surface area contributed by atoms with Gasteiger partial charge in [-0.15, -0.1) is 0 Å². The molecule has 0 saturated heterocycles. The number of benzene rings is 1. The molecule has 1 aromatic heterocycles. The van der Waals surface area contributed by atoms with Crippen LogP contribution >= 0.6 is 11.6 Å². The van der Waals surface area contributed by atoms with Crippen molar-refractivity contribution in [2.45, 2.75) is 19.4 Å². The van der Waals surface area contributed by atoms with E-state index in [1.807, 2.05) is 0 Å². The quantitative estimate of drug-likeness (QED) is 0.944. The fourth-order valence-corrected chi connectivity index (χ4v) is 2.25. The average molecular weight is 308 g/mol. The molecule has 0 aliphatic heterocycles. The third-order valence-electron chi connectivity index (χ3n) is 3.19. The highest BCUT2D eigenvalue weighted by atomic mass is 35.5. The molecule has 0 atom stereocenters. The predicted molar refractivity (Wildman–Crippen MR) is 83.7 cm³/mol. The number of aromatic nitrogens is 2. The van der Waals surface area contributed by atoms with Crippen LogP contribution in [0.2, 0.25) is 5.02 Å². The van der Waals surface area contributed by atoms with E-state index in [-0.39, 0.29) is 5.56 Å². The number of nitrogens with zero attached hydrogens (tertiary/aromatic N) is 2. The van der Waals surface area contributed by atoms with Gasteiger partial charge in [0.05, 0.1) is 12.8 Å². The van der Waals surface area contributed by atoms with Gasteiger partial charge in [0.2, 0.25) is 0 Å². The number of halogens is 1. The van der Waals surface area contributed by atoms with Gasteiger partial charge < -0.3 is 10.5 Å². The number of methoxy groups -OCH3 is 1. The molecule has 0 spiro atoms. The first-order valence-corrected chi connectivity index (χ1v) is 6.83. The fourth-order valence-electron chi connectivity index (χ4n) is 2.08. The normalized spacial score (nSPS) is 11.5. The molecule has 0 bridgehead atoms. The van der Waals surface area contributed by atoms with Crippen LogP contribution in [0.4, 0.5) is 0 Å². The first-order chi connectivity index (χ1) is 9.74. The van der Waals surface area contributed by atoms with Gasteiger partial charge in [-0.2, -0.15) is 5.10 Å². The van der Waals surface area contributed by atoms with Crippen LogP contribution in [0.5, 0.6) is 5.75 Å². The Bertz CT molecular complexity index is 733. The zero-order chi connectivity index (χ0) is 15.8. The lowest BCUT2D eigenvalue weighted by Crippen LogP contribution is -2.38. The Labute approximate surface area is 128 Å². The summed E-state index contributed by atoms with van der Waals surface area (Å²) < 4.78 is 6.61. The molecule has 112 valence electrons. The number of hydrogen-bond donors (Lipinski definition) is 1. The maximum atomic E-state index is 12.2. The zero-order valence-electron chi connectivity index (χ0n) is 12.5. The second-order valence-corrected chi connectivity index (χ2v) is 5.87. The van der Waals surface area contributed by atoms with E-state index in [1.165, 1.54) is 4.68 Å². The maximum Gasteiger partial charge on any atom is 0.271 e. The van der Waals surface area contributed by atoms with Gasteiger partial charge in [0.25, 0.3) is 5.56 Å². The number of rotatable bonds is 3. The van der Waals surface area contributed by atoms with Gasteiger partial charge >= 0.3 is 0 Å². The molecule has 2 aromatic rings. The van der Waals surface area contributed by atoms with Crippen molar-refractivity contribution < 1.29 is 4.74 Å². The molecule has 0 unspecified atom stereocenters. The monoisotopic (exact) mass is 307 g/mol. The average Bonchev–Trinajstić information content (AvgIpc) is 2.40. The molecule has 0 saturated carbocycles. The van der Waals surface area contributed by atoms with Crippen LogP contribution in [-0.4, -0.2) is 16.9 Å². The lowest BCUT2D eigenvalue weighted by atomic mass is 9.95. The van der Waals surface area contributed by atoms with E-state index in [4.69, 9.17) is 22.1 Å². The van der Waals surface area contributed by atoms with E-state index in [9.17, 15) is 4.79 Å². The highest BCUT2D eigenvalue weighted by molar-refractivity contribution is 6.30. The summed E-state index contributed by atoms with van der Waals surface area (Å²) in [6.07, 6.45) is 0. The van der Waals surface area contributed by atoms with Crippen LogP contribution in [0, 0.1) is 0 Å². The lowest BCUT2D eigenvalue weighted by molar-refractivity contribution is 0.416. The molecule has 0 aliphatic rings.